The lowest BCUT2D eigenvalue weighted by atomic mass is 9.99. The van der Waals surface area contributed by atoms with Gasteiger partial charge in [-0.25, -0.2) is 9.29 Å². The minimum absolute atomic E-state index is 0.0380. The minimum atomic E-state index is -3.08. The van der Waals surface area contributed by atoms with Crippen LogP contribution in [0.2, 0.25) is 0 Å². The molecule has 3 amide bonds. The summed E-state index contributed by atoms with van der Waals surface area (Å²) in [5.74, 6) is -6.41. The van der Waals surface area contributed by atoms with Crippen LogP contribution in [-0.2, 0) is 33.3 Å². The summed E-state index contributed by atoms with van der Waals surface area (Å²) >= 11 is 0. The Hall–Kier alpha value is -3.42. The van der Waals surface area contributed by atoms with Crippen LogP contribution in [0, 0.1) is 5.82 Å². The maximum atomic E-state index is 14.9. The van der Waals surface area contributed by atoms with E-state index in [1.165, 1.54) is 24.3 Å². The van der Waals surface area contributed by atoms with E-state index in [1.54, 1.807) is 6.07 Å². The fourth-order valence-electron chi connectivity index (χ4n) is 4.98. The standard InChI is InChI=1S/C25H27FN4O7/c26-18-12-15(14-29-8-10-37-11-9-29)4-5-16(18)13-27-19-3-1-2-17-21(19)25(35,36)30(22(17)32)24(34)7-6-20(31)28-23(24)33/h1-5,12,27,34-36H,6-11,13-14H2,(H,28,31,33). The predicted octanol–water partition coefficient (Wildman–Crippen LogP) is -0.0541. The molecule has 5 N–H and O–H groups in total. The van der Waals surface area contributed by atoms with E-state index in [-0.39, 0.29) is 34.7 Å². The average Bonchev–Trinajstić information content (AvgIpc) is 3.08. The molecule has 196 valence electrons. The predicted molar refractivity (Wildman–Crippen MR) is 126 cm³/mol. The van der Waals surface area contributed by atoms with E-state index in [4.69, 9.17) is 4.74 Å². The van der Waals surface area contributed by atoms with Gasteiger partial charge in [0.1, 0.15) is 5.82 Å². The summed E-state index contributed by atoms with van der Waals surface area (Å²) in [6.07, 6.45) is -0.810. The Kier molecular flexibility index (Phi) is 6.46. The van der Waals surface area contributed by atoms with Gasteiger partial charge in [0, 0.05) is 50.3 Å². The molecule has 2 fully saturated rings. The number of nitrogens with one attached hydrogen (secondary N) is 2. The lowest BCUT2D eigenvalue weighted by molar-refractivity contribution is -0.302. The highest BCUT2D eigenvalue weighted by Gasteiger charge is 2.61. The Morgan fingerprint density at radius 1 is 1.08 bits per heavy atom. The van der Waals surface area contributed by atoms with E-state index in [0.29, 0.717) is 25.3 Å². The molecule has 1 atom stereocenters. The highest BCUT2D eigenvalue weighted by Crippen LogP contribution is 2.45. The first-order chi connectivity index (χ1) is 17.6. The Balaban J connectivity index is 1.36. The number of anilines is 1. The van der Waals surface area contributed by atoms with Gasteiger partial charge in [-0.05, 0) is 23.8 Å². The summed E-state index contributed by atoms with van der Waals surface area (Å²) in [5, 5.41) is 37.8. The Bertz CT molecular complexity index is 1260. The lowest BCUT2D eigenvalue weighted by Gasteiger charge is -2.42. The molecule has 37 heavy (non-hydrogen) atoms. The number of piperidine rings is 1. The number of amides is 3. The van der Waals surface area contributed by atoms with Crippen molar-refractivity contribution in [2.45, 2.75) is 37.6 Å². The van der Waals surface area contributed by atoms with Crippen LogP contribution in [-0.4, -0.2) is 74.9 Å². The highest BCUT2D eigenvalue weighted by atomic mass is 19.1. The second-order valence-corrected chi connectivity index (χ2v) is 9.37. The topological polar surface area (TPSA) is 152 Å². The summed E-state index contributed by atoms with van der Waals surface area (Å²) in [7, 11) is 0. The lowest BCUT2D eigenvalue weighted by Crippen LogP contribution is -2.67. The van der Waals surface area contributed by atoms with Gasteiger partial charge in [0.25, 0.3) is 17.7 Å². The number of benzene rings is 2. The van der Waals surface area contributed by atoms with E-state index in [9.17, 15) is 34.1 Å². The minimum Gasteiger partial charge on any atom is -0.380 e. The summed E-state index contributed by atoms with van der Waals surface area (Å²) < 4.78 is 20.2. The molecule has 5 rings (SSSR count). The average molecular weight is 515 g/mol. The maximum Gasteiger partial charge on any atom is 0.283 e. The number of imide groups is 1. The number of hydrogen-bond acceptors (Lipinski definition) is 9. The Morgan fingerprint density at radius 2 is 1.84 bits per heavy atom. The molecule has 0 bridgehead atoms. The van der Waals surface area contributed by atoms with Gasteiger partial charge in [0.05, 0.1) is 24.3 Å². The molecule has 3 aliphatic heterocycles. The summed E-state index contributed by atoms with van der Waals surface area (Å²) in [4.78, 5) is 39.5. The molecule has 3 heterocycles. The molecule has 0 saturated carbocycles. The van der Waals surface area contributed by atoms with Gasteiger partial charge < -0.3 is 25.4 Å². The molecule has 1 unspecified atom stereocenters. The summed E-state index contributed by atoms with van der Waals surface area (Å²) in [6.45, 7) is 3.39. The number of ether oxygens (including phenoxy) is 1. The molecule has 11 nitrogen and oxygen atoms in total. The van der Waals surface area contributed by atoms with Crippen LogP contribution in [0.4, 0.5) is 10.1 Å². The smallest absolute Gasteiger partial charge is 0.283 e. The number of carbonyl (C=O) groups is 3. The van der Waals surface area contributed by atoms with Crippen molar-refractivity contribution in [3.05, 3.63) is 64.5 Å². The van der Waals surface area contributed by atoms with Crippen molar-refractivity contribution in [3.8, 4) is 0 Å². The number of halogens is 1. The molecule has 0 spiro atoms. The van der Waals surface area contributed by atoms with Gasteiger partial charge in [0.15, 0.2) is 0 Å². The number of morpholine rings is 1. The van der Waals surface area contributed by atoms with Crippen LogP contribution in [0.25, 0.3) is 0 Å². The Labute approximate surface area is 211 Å². The van der Waals surface area contributed by atoms with Gasteiger partial charge in [-0.15, -0.1) is 0 Å². The largest absolute Gasteiger partial charge is 0.380 e. The molecule has 12 heteroatoms. The third-order valence-corrected chi connectivity index (χ3v) is 6.93. The summed E-state index contributed by atoms with van der Waals surface area (Å²) in [5.41, 5.74) is -1.88. The van der Waals surface area contributed by atoms with E-state index in [1.807, 2.05) is 11.4 Å². The normalized spacial score (nSPS) is 23.7. The third kappa shape index (κ3) is 4.47. The molecule has 0 radical (unpaired) electrons. The van der Waals surface area contributed by atoms with E-state index in [0.717, 1.165) is 18.7 Å². The zero-order valence-electron chi connectivity index (χ0n) is 19.9. The van der Waals surface area contributed by atoms with Crippen LogP contribution in [0.1, 0.15) is 39.9 Å². The number of hydrogen-bond donors (Lipinski definition) is 5. The molecular formula is C25H27FN4O7. The number of carbonyl (C=O) groups excluding carboxylic acids is 3. The second kappa shape index (κ2) is 9.47. The van der Waals surface area contributed by atoms with Crippen LogP contribution < -0.4 is 10.6 Å². The van der Waals surface area contributed by atoms with Crippen molar-refractivity contribution in [3.63, 3.8) is 0 Å². The molecule has 2 saturated heterocycles. The van der Waals surface area contributed by atoms with Crippen molar-refractivity contribution in [2.24, 2.45) is 0 Å². The van der Waals surface area contributed by atoms with Crippen molar-refractivity contribution in [2.75, 3.05) is 31.6 Å². The first-order valence-electron chi connectivity index (χ1n) is 11.9. The number of fused-ring (bicyclic) bond motifs is 1. The van der Waals surface area contributed by atoms with Crippen LogP contribution >= 0.6 is 0 Å². The van der Waals surface area contributed by atoms with Gasteiger partial charge in [-0.1, -0.05) is 18.2 Å². The van der Waals surface area contributed by atoms with E-state index < -0.39 is 41.6 Å². The molecule has 2 aromatic rings. The van der Waals surface area contributed by atoms with E-state index >= 15 is 0 Å². The second-order valence-electron chi connectivity index (χ2n) is 9.37. The first-order valence-corrected chi connectivity index (χ1v) is 11.9. The molecule has 0 aromatic heterocycles. The van der Waals surface area contributed by atoms with E-state index in [2.05, 4.69) is 10.2 Å². The third-order valence-electron chi connectivity index (χ3n) is 6.93. The van der Waals surface area contributed by atoms with Crippen molar-refractivity contribution >= 4 is 23.4 Å². The number of nitrogens with zero attached hydrogens (tertiary/aromatic N) is 2. The zero-order valence-corrected chi connectivity index (χ0v) is 19.9. The van der Waals surface area contributed by atoms with Gasteiger partial charge in [-0.2, -0.15) is 0 Å². The fourth-order valence-corrected chi connectivity index (χ4v) is 4.98. The van der Waals surface area contributed by atoms with Crippen LogP contribution in [0.3, 0.4) is 0 Å². The maximum absolute atomic E-state index is 14.9. The molecular weight excluding hydrogens is 487 g/mol. The molecule has 2 aromatic carbocycles. The quantitative estimate of drug-likeness (QED) is 0.264. The van der Waals surface area contributed by atoms with Gasteiger partial charge in [-0.3, -0.25) is 24.6 Å². The molecule has 0 aliphatic carbocycles. The van der Waals surface area contributed by atoms with Crippen molar-refractivity contribution in [1.29, 1.82) is 0 Å². The number of aliphatic hydroxyl groups is 3. The highest BCUT2D eigenvalue weighted by molar-refractivity contribution is 6.08. The fraction of sp³-hybridized carbons (Fsp3) is 0.400. The Morgan fingerprint density at radius 3 is 2.54 bits per heavy atom. The van der Waals surface area contributed by atoms with Crippen LogP contribution in [0.15, 0.2) is 36.4 Å². The van der Waals surface area contributed by atoms with Crippen molar-refractivity contribution in [1.82, 2.24) is 15.1 Å². The first kappa shape index (κ1) is 25.2. The number of rotatable bonds is 6. The van der Waals surface area contributed by atoms with Gasteiger partial charge in [0.2, 0.25) is 11.6 Å². The monoisotopic (exact) mass is 514 g/mol. The van der Waals surface area contributed by atoms with Gasteiger partial charge >= 0.3 is 0 Å². The SMILES string of the molecule is O=C1CCC(O)(N2C(=O)c3cccc(NCc4ccc(CN5CCOCC5)cc4F)c3C2(O)O)C(=O)N1. The zero-order chi connectivity index (χ0) is 26.4. The summed E-state index contributed by atoms with van der Waals surface area (Å²) in [6, 6.07) is 9.17. The van der Waals surface area contributed by atoms with Crippen LogP contribution in [0.5, 0.6) is 0 Å². The molecule has 3 aliphatic rings. The van der Waals surface area contributed by atoms with Crippen molar-refractivity contribution < 1.29 is 38.8 Å².